The van der Waals surface area contributed by atoms with Crippen molar-refractivity contribution in [3.05, 3.63) is 110 Å². The third-order valence-corrected chi connectivity index (χ3v) is 4.51. The molecule has 2 aromatic carbocycles. The summed E-state index contributed by atoms with van der Waals surface area (Å²) >= 11 is 0. The Morgan fingerprint density at radius 2 is 1.03 bits per heavy atom. The first-order chi connectivity index (χ1) is 15.3. The van der Waals surface area contributed by atoms with Gasteiger partial charge in [0.15, 0.2) is 37.9 Å². The molecule has 0 amide bonds. The molecule has 0 aliphatic carbocycles. The van der Waals surface area contributed by atoms with Gasteiger partial charge in [-0.05, 0) is 17.4 Å². The second-order valence-electron chi connectivity index (χ2n) is 6.86. The van der Waals surface area contributed by atoms with E-state index in [0.29, 0.717) is 0 Å². The molecule has 6 nitrogen and oxygen atoms in total. The van der Waals surface area contributed by atoms with Gasteiger partial charge in [0, 0.05) is 60.3 Å². The quantitative estimate of drug-likeness (QED) is 0.124. The minimum Gasteiger partial charge on any atom is -0.205 e. The molecule has 0 bridgehead atoms. The van der Waals surface area contributed by atoms with Crippen molar-refractivity contribution in [1.29, 1.82) is 0 Å². The van der Waals surface area contributed by atoms with Crippen LogP contribution in [0.5, 0.6) is 0 Å². The van der Waals surface area contributed by atoms with Crippen LogP contribution >= 0.6 is 0 Å². The molecule has 0 saturated heterocycles. The van der Waals surface area contributed by atoms with Crippen molar-refractivity contribution < 1.29 is 51.3 Å². The van der Waals surface area contributed by atoms with E-state index >= 15 is 0 Å². The Labute approximate surface area is 222 Å². The third kappa shape index (κ3) is 8.99. The molecule has 2 aromatic heterocycles. The van der Waals surface area contributed by atoms with Crippen molar-refractivity contribution in [2.45, 2.75) is 19.5 Å². The Kier molecular flexibility index (Phi) is 11.6. The third-order valence-electron chi connectivity index (χ3n) is 4.51. The number of hydrogen-bond donors (Lipinski definition) is 0. The Morgan fingerprint density at radius 3 is 1.61 bits per heavy atom. The fourth-order valence-electron chi connectivity index (χ4n) is 2.93. The average molecular weight is 774 g/mol. The van der Waals surface area contributed by atoms with Gasteiger partial charge in [0.25, 0.3) is 0 Å². The van der Waals surface area contributed by atoms with Gasteiger partial charge in [-0.25, -0.2) is 9.13 Å². The van der Waals surface area contributed by atoms with Crippen molar-refractivity contribution in [3.63, 3.8) is 0 Å². The van der Waals surface area contributed by atoms with Crippen molar-refractivity contribution in [3.8, 4) is 0 Å². The largest absolute Gasteiger partial charge is 0.205 e. The summed E-state index contributed by atoms with van der Waals surface area (Å²) in [6.07, 6.45) is 9.10. The van der Waals surface area contributed by atoms with Crippen LogP contribution in [0.2, 0.25) is 0 Å². The number of azo groups is 2. The van der Waals surface area contributed by atoms with Crippen LogP contribution in [0.3, 0.4) is 0 Å². The van der Waals surface area contributed by atoms with Gasteiger partial charge in [0.1, 0.15) is 5.69 Å². The summed E-state index contributed by atoms with van der Waals surface area (Å²) in [4.78, 5) is 0. The number of aromatic nitrogens is 2. The molecule has 4 aromatic rings. The van der Waals surface area contributed by atoms with E-state index < -0.39 is 0 Å². The first-order valence-corrected chi connectivity index (χ1v) is 10.1. The number of rotatable bonds is 8. The van der Waals surface area contributed by atoms with E-state index in [2.05, 4.69) is 41.7 Å². The first kappa shape index (κ1) is 26.6. The summed E-state index contributed by atoms with van der Waals surface area (Å²) in [5, 5.41) is 17.1. The monoisotopic (exact) mass is 774 g/mol. The van der Waals surface area contributed by atoms with Crippen LogP contribution < -0.4 is 9.13 Å². The summed E-state index contributed by atoms with van der Waals surface area (Å²) in [7, 11) is 0. The second kappa shape index (κ2) is 14.5. The first-order valence-electron chi connectivity index (χ1n) is 10.1. The molecule has 0 unspecified atom stereocenters. The second-order valence-corrected chi connectivity index (χ2v) is 6.86. The van der Waals surface area contributed by atoms with Crippen LogP contribution in [0.15, 0.2) is 118 Å². The maximum Gasteiger partial charge on any atom is 0.196 e. The van der Waals surface area contributed by atoms with E-state index in [1.165, 1.54) is 0 Å². The summed E-state index contributed by atoms with van der Waals surface area (Å²) in [5.41, 5.74) is 3.29. The predicted molar refractivity (Wildman–Crippen MR) is 117 cm³/mol. The van der Waals surface area contributed by atoms with Crippen molar-refractivity contribution in [2.75, 3.05) is 0 Å². The summed E-state index contributed by atoms with van der Waals surface area (Å²) in [5.74, 6) is 0. The van der Waals surface area contributed by atoms with Crippen molar-refractivity contribution >= 4 is 22.7 Å². The Bertz CT molecular complexity index is 1150. The molecule has 164 valence electrons. The van der Waals surface area contributed by atoms with E-state index in [-0.39, 0.29) is 42.1 Å². The average Bonchev–Trinajstić information content (AvgIpc) is 2.84. The summed E-state index contributed by atoms with van der Waals surface area (Å²) in [6.45, 7) is 1.80. The van der Waals surface area contributed by atoms with Gasteiger partial charge in [0.2, 0.25) is 0 Å². The smallest absolute Gasteiger partial charge is 0.196 e. The molecule has 8 heteroatoms. The zero-order chi connectivity index (χ0) is 21.1. The Morgan fingerprint density at radius 1 is 0.545 bits per heavy atom. The van der Waals surface area contributed by atoms with Gasteiger partial charge in [0.05, 0.1) is 12.1 Å². The molecule has 0 N–H and O–H groups in total. The van der Waals surface area contributed by atoms with Crippen LogP contribution in [0.4, 0.5) is 22.7 Å². The van der Waals surface area contributed by atoms with Crippen LogP contribution in [-0.2, 0) is 55.2 Å². The number of aryl methyl sites for hydroxylation is 2. The minimum absolute atomic E-state index is 0. The molecular formula is C25H22N6W2. The molecule has 0 aliphatic heterocycles. The molecule has 0 radical (unpaired) electrons. The fraction of sp³-hybridized carbons (Fsp3) is 0.120. The predicted octanol–water partition coefficient (Wildman–Crippen LogP) is 5.78. The molecule has 0 aliphatic rings. The van der Waals surface area contributed by atoms with Crippen LogP contribution in [-0.4, -0.2) is 0 Å². The minimum atomic E-state index is 0. The van der Waals surface area contributed by atoms with Gasteiger partial charge >= 0.3 is 0 Å². The SMILES string of the molecule is [W].[W].[c-]1ccc(N=Nc2cc[n+](CCC[n+]3cccc(N=Nc4cc[c-]cc4)c3)cc2)cc1. The Hall–Kier alpha value is -2.68. The summed E-state index contributed by atoms with van der Waals surface area (Å²) in [6, 6.07) is 28.6. The van der Waals surface area contributed by atoms with Crippen LogP contribution in [0.25, 0.3) is 0 Å². The number of pyridine rings is 2. The Balaban J connectivity index is 0.00000193. The molecule has 2 heterocycles. The molecular weight excluding hydrogens is 752 g/mol. The van der Waals surface area contributed by atoms with E-state index in [1.54, 1.807) is 0 Å². The molecule has 0 spiro atoms. The zero-order valence-electron chi connectivity index (χ0n) is 17.9. The topological polar surface area (TPSA) is 57.2 Å². The van der Waals surface area contributed by atoms with Crippen molar-refractivity contribution in [2.24, 2.45) is 20.5 Å². The van der Waals surface area contributed by atoms with Gasteiger partial charge in [-0.2, -0.15) is 51.7 Å². The van der Waals surface area contributed by atoms with Gasteiger partial charge < -0.3 is 0 Å². The van der Waals surface area contributed by atoms with E-state index in [4.69, 9.17) is 0 Å². The fourth-order valence-corrected chi connectivity index (χ4v) is 2.93. The standard InChI is InChI=1S/C25H22N6.2W/c1-3-9-22(10-4-1)26-28-24-14-19-30(20-15-24)17-8-18-31-16-7-13-25(21-31)29-27-23-11-5-2-6-12-23;;/h3-7,9-16,19-21H,8,17-18H2;;. The molecule has 0 fully saturated rings. The van der Waals surface area contributed by atoms with Gasteiger partial charge in [-0.1, -0.05) is 0 Å². The normalized spacial score (nSPS) is 10.7. The summed E-state index contributed by atoms with van der Waals surface area (Å²) < 4.78 is 4.28. The van der Waals surface area contributed by atoms with Crippen LogP contribution in [0.1, 0.15) is 6.42 Å². The zero-order valence-corrected chi connectivity index (χ0v) is 23.7. The van der Waals surface area contributed by atoms with E-state index in [1.807, 2.05) is 97.6 Å². The molecule has 33 heavy (non-hydrogen) atoms. The van der Waals surface area contributed by atoms with E-state index in [9.17, 15) is 0 Å². The number of benzene rings is 2. The number of hydrogen-bond acceptors (Lipinski definition) is 4. The van der Waals surface area contributed by atoms with Gasteiger partial charge in [-0.15, -0.1) is 29.4 Å². The molecule has 0 atom stereocenters. The van der Waals surface area contributed by atoms with Crippen LogP contribution in [0, 0.1) is 12.1 Å². The number of nitrogens with zero attached hydrogens (tertiary/aromatic N) is 6. The van der Waals surface area contributed by atoms with Crippen molar-refractivity contribution in [1.82, 2.24) is 0 Å². The van der Waals surface area contributed by atoms with E-state index in [0.717, 1.165) is 42.3 Å². The van der Waals surface area contributed by atoms with Gasteiger partial charge in [-0.3, -0.25) is 0 Å². The molecule has 0 saturated carbocycles. The molecule has 4 rings (SSSR count). The maximum atomic E-state index is 4.32. The maximum absolute atomic E-state index is 4.32.